The van der Waals surface area contributed by atoms with Crippen molar-refractivity contribution >= 4 is 17.2 Å². The Morgan fingerprint density at radius 2 is 1.96 bits per heavy atom. The van der Waals surface area contributed by atoms with Crippen molar-refractivity contribution in [2.75, 3.05) is 11.4 Å². The maximum absolute atomic E-state index is 12.5. The van der Waals surface area contributed by atoms with Crippen LogP contribution in [0, 0.1) is 34.0 Å². The standard InChI is InChI=1S/C22H21N5O/c1-4-5-8-27-18-7-6-14(9-15(18)10-22(27,2)3)19-17(13-25)20(26-21(19)28)16(11-23)12-24/h6-7,9H,4-5,8,10H2,1-3H3,(H,26,28). The van der Waals surface area contributed by atoms with E-state index in [2.05, 4.69) is 31.0 Å². The molecule has 1 aromatic rings. The van der Waals surface area contributed by atoms with E-state index in [4.69, 9.17) is 10.5 Å². The Kier molecular flexibility index (Phi) is 4.95. The number of rotatable bonds is 4. The summed E-state index contributed by atoms with van der Waals surface area (Å²) in [6.07, 6.45) is 3.07. The Morgan fingerprint density at radius 3 is 2.57 bits per heavy atom. The molecule has 0 fully saturated rings. The molecule has 0 unspecified atom stereocenters. The van der Waals surface area contributed by atoms with Gasteiger partial charge in [0.1, 0.15) is 18.2 Å². The van der Waals surface area contributed by atoms with Crippen molar-refractivity contribution in [1.29, 1.82) is 15.8 Å². The van der Waals surface area contributed by atoms with Gasteiger partial charge in [0.25, 0.3) is 5.91 Å². The van der Waals surface area contributed by atoms with E-state index in [1.54, 1.807) is 12.1 Å². The van der Waals surface area contributed by atoms with Crippen molar-refractivity contribution in [1.82, 2.24) is 5.32 Å². The first-order valence-electron chi connectivity index (χ1n) is 9.29. The van der Waals surface area contributed by atoms with Crippen LogP contribution in [0.2, 0.25) is 0 Å². The lowest BCUT2D eigenvalue weighted by atomic mass is 9.95. The zero-order valence-corrected chi connectivity index (χ0v) is 16.3. The summed E-state index contributed by atoms with van der Waals surface area (Å²) in [6.45, 7) is 7.56. The smallest absolute Gasteiger partial charge is 0.257 e. The van der Waals surface area contributed by atoms with E-state index in [0.29, 0.717) is 5.56 Å². The number of nitrogens with one attached hydrogen (secondary N) is 1. The fourth-order valence-electron chi connectivity index (χ4n) is 3.96. The first-order valence-corrected chi connectivity index (χ1v) is 9.29. The Balaban J connectivity index is 2.10. The molecule has 0 spiro atoms. The molecule has 1 aromatic carbocycles. The SMILES string of the molecule is CCCCN1c2ccc(C3=C(C#N)C(=C(C#N)C#N)NC3=O)cc2CC1(C)C. The molecule has 0 bridgehead atoms. The van der Waals surface area contributed by atoms with Crippen LogP contribution in [0.1, 0.15) is 44.7 Å². The van der Waals surface area contributed by atoms with E-state index >= 15 is 0 Å². The van der Waals surface area contributed by atoms with Crippen LogP contribution in [-0.2, 0) is 11.2 Å². The van der Waals surface area contributed by atoms with Gasteiger partial charge < -0.3 is 10.2 Å². The maximum atomic E-state index is 12.5. The lowest BCUT2D eigenvalue weighted by molar-refractivity contribution is -0.114. The summed E-state index contributed by atoms with van der Waals surface area (Å²) in [5, 5.41) is 30.3. The molecule has 2 heterocycles. The van der Waals surface area contributed by atoms with Gasteiger partial charge in [0, 0.05) is 17.8 Å². The monoisotopic (exact) mass is 371 g/mol. The molecule has 6 heteroatoms. The molecule has 0 aliphatic carbocycles. The van der Waals surface area contributed by atoms with Crippen molar-refractivity contribution in [3.05, 3.63) is 46.2 Å². The summed E-state index contributed by atoms with van der Waals surface area (Å²) in [4.78, 5) is 14.9. The average Bonchev–Trinajstić information content (AvgIpc) is 3.12. The number of unbranched alkanes of at least 4 members (excludes halogenated alkanes) is 1. The van der Waals surface area contributed by atoms with Gasteiger partial charge in [-0.05, 0) is 49.9 Å². The number of benzene rings is 1. The molecule has 0 atom stereocenters. The first-order chi connectivity index (χ1) is 13.4. The van der Waals surface area contributed by atoms with Crippen molar-refractivity contribution in [2.45, 2.75) is 45.6 Å². The van der Waals surface area contributed by atoms with Gasteiger partial charge in [-0.3, -0.25) is 4.79 Å². The molecule has 1 amide bonds. The summed E-state index contributed by atoms with van der Waals surface area (Å²) in [7, 11) is 0. The lowest BCUT2D eigenvalue weighted by Crippen LogP contribution is -2.41. The number of allylic oxidation sites excluding steroid dienone is 2. The van der Waals surface area contributed by atoms with E-state index in [9.17, 15) is 10.1 Å². The number of anilines is 1. The fourth-order valence-corrected chi connectivity index (χ4v) is 3.96. The molecular weight excluding hydrogens is 350 g/mol. The molecule has 0 radical (unpaired) electrons. The number of amides is 1. The van der Waals surface area contributed by atoms with Crippen molar-refractivity contribution in [3.8, 4) is 18.2 Å². The highest BCUT2D eigenvalue weighted by molar-refractivity contribution is 6.26. The van der Waals surface area contributed by atoms with Crippen LogP contribution in [-0.4, -0.2) is 18.0 Å². The molecule has 0 aromatic heterocycles. The van der Waals surface area contributed by atoms with Gasteiger partial charge in [-0.15, -0.1) is 0 Å². The van der Waals surface area contributed by atoms with Crippen LogP contribution in [0.25, 0.3) is 5.57 Å². The third-order valence-corrected chi connectivity index (χ3v) is 5.30. The summed E-state index contributed by atoms with van der Waals surface area (Å²) < 4.78 is 0. The Hall–Kier alpha value is -3.56. The van der Waals surface area contributed by atoms with Gasteiger partial charge in [0.2, 0.25) is 0 Å². The van der Waals surface area contributed by atoms with Crippen LogP contribution < -0.4 is 10.2 Å². The van der Waals surface area contributed by atoms with Crippen molar-refractivity contribution in [3.63, 3.8) is 0 Å². The third-order valence-electron chi connectivity index (χ3n) is 5.30. The van der Waals surface area contributed by atoms with E-state index in [-0.39, 0.29) is 28.0 Å². The highest BCUT2D eigenvalue weighted by atomic mass is 16.2. The number of hydrogen-bond donors (Lipinski definition) is 1. The maximum Gasteiger partial charge on any atom is 0.257 e. The fraction of sp³-hybridized carbons (Fsp3) is 0.364. The predicted molar refractivity (Wildman–Crippen MR) is 105 cm³/mol. The number of carbonyl (C=O) groups excluding carboxylic acids is 1. The summed E-state index contributed by atoms with van der Waals surface area (Å²) in [5.41, 5.74) is 2.90. The number of nitriles is 3. The lowest BCUT2D eigenvalue weighted by Gasteiger charge is -2.34. The van der Waals surface area contributed by atoms with Crippen LogP contribution >= 0.6 is 0 Å². The Bertz CT molecular complexity index is 1020. The van der Waals surface area contributed by atoms with Gasteiger partial charge in [-0.25, -0.2) is 0 Å². The Labute approximate surface area is 165 Å². The molecule has 140 valence electrons. The molecule has 1 N–H and O–H groups in total. The molecule has 6 nitrogen and oxygen atoms in total. The predicted octanol–water partition coefficient (Wildman–Crippen LogP) is 3.34. The molecular formula is C22H21N5O. The van der Waals surface area contributed by atoms with Gasteiger partial charge in [0.15, 0.2) is 5.57 Å². The quantitative estimate of drug-likeness (QED) is 0.818. The minimum absolute atomic E-state index is 0.00194. The second-order valence-electron chi connectivity index (χ2n) is 7.63. The highest BCUT2D eigenvalue weighted by Gasteiger charge is 2.37. The number of carbonyl (C=O) groups is 1. The van der Waals surface area contributed by atoms with Gasteiger partial charge in [-0.1, -0.05) is 19.4 Å². The summed E-state index contributed by atoms with van der Waals surface area (Å²) in [6, 6.07) is 11.3. The van der Waals surface area contributed by atoms with Crippen LogP contribution in [0.5, 0.6) is 0 Å². The normalized spacial score (nSPS) is 16.9. The van der Waals surface area contributed by atoms with Gasteiger partial charge in [0.05, 0.1) is 16.8 Å². The van der Waals surface area contributed by atoms with Crippen LogP contribution in [0.4, 0.5) is 5.69 Å². The number of nitrogens with zero attached hydrogens (tertiary/aromatic N) is 4. The highest BCUT2D eigenvalue weighted by Crippen LogP contribution is 2.41. The van der Waals surface area contributed by atoms with E-state index in [1.165, 1.54) is 0 Å². The largest absolute Gasteiger partial charge is 0.366 e. The topological polar surface area (TPSA) is 104 Å². The molecule has 0 saturated carbocycles. The van der Waals surface area contributed by atoms with E-state index in [1.807, 2.05) is 24.3 Å². The Morgan fingerprint density at radius 1 is 1.25 bits per heavy atom. The van der Waals surface area contributed by atoms with Crippen molar-refractivity contribution < 1.29 is 4.79 Å². The third kappa shape index (κ3) is 3.02. The molecule has 3 rings (SSSR count). The zero-order chi connectivity index (χ0) is 20.5. The van der Waals surface area contributed by atoms with E-state index < -0.39 is 5.91 Å². The summed E-state index contributed by atoms with van der Waals surface area (Å²) >= 11 is 0. The second-order valence-corrected chi connectivity index (χ2v) is 7.63. The van der Waals surface area contributed by atoms with Gasteiger partial charge >= 0.3 is 0 Å². The average molecular weight is 371 g/mol. The molecule has 0 saturated heterocycles. The second kappa shape index (κ2) is 7.22. The van der Waals surface area contributed by atoms with E-state index in [0.717, 1.165) is 37.1 Å². The molecule has 2 aliphatic rings. The minimum Gasteiger partial charge on any atom is -0.366 e. The zero-order valence-electron chi connectivity index (χ0n) is 16.3. The summed E-state index contributed by atoms with van der Waals surface area (Å²) in [5.74, 6) is -0.463. The minimum atomic E-state index is -0.463. The molecule has 28 heavy (non-hydrogen) atoms. The van der Waals surface area contributed by atoms with Crippen LogP contribution in [0.15, 0.2) is 35.0 Å². The number of hydrogen-bond acceptors (Lipinski definition) is 5. The van der Waals surface area contributed by atoms with Gasteiger partial charge in [-0.2, -0.15) is 15.8 Å². The van der Waals surface area contributed by atoms with Crippen molar-refractivity contribution in [2.24, 2.45) is 0 Å². The molecule has 2 aliphatic heterocycles. The number of fused-ring (bicyclic) bond motifs is 1. The van der Waals surface area contributed by atoms with Crippen LogP contribution in [0.3, 0.4) is 0 Å². The first kappa shape index (κ1) is 19.2.